The smallest absolute Gasteiger partial charge is 0.315 e. The summed E-state index contributed by atoms with van der Waals surface area (Å²) >= 11 is 0. The van der Waals surface area contributed by atoms with E-state index in [-0.39, 0.29) is 39.4 Å². The molecule has 0 aromatic rings. The van der Waals surface area contributed by atoms with E-state index in [2.05, 4.69) is 54.5 Å². The number of carbonyl (C=O) groups excluding carboxylic acids is 1. The second kappa shape index (κ2) is 18.0. The second-order valence-electron chi connectivity index (χ2n) is 23.5. The summed E-state index contributed by atoms with van der Waals surface area (Å²) in [4.78, 5) is 14.7. The largest absolute Gasteiger partial charge is 0.432 e. The van der Waals surface area contributed by atoms with Crippen molar-refractivity contribution in [1.29, 1.82) is 0 Å². The molecule has 0 bridgehead atoms. The van der Waals surface area contributed by atoms with Gasteiger partial charge in [0.15, 0.2) is 12.6 Å². The lowest BCUT2D eigenvalue weighted by molar-refractivity contribution is -0.368. The summed E-state index contributed by atoms with van der Waals surface area (Å²) in [7, 11) is 0. The van der Waals surface area contributed by atoms with Crippen molar-refractivity contribution in [3.63, 3.8) is 0 Å². The standard InChI is InChI=1S/C48H78O18/c1-43(2)14-16-48(42(60)66-41-36(58)33(55)31(53)25(20-50)62-41)17-15-46(6)22(23(48)18-43)8-9-28-45(5)12-11-29(44(3,4)27(45)10-13-47(28,46)7)64-39-37(59)34(56)38(26(21-51)63-39)65-40-35(57)32(54)30(52)24(19-49)61-40/h8,23-41,49-59H,9-21H2,1-7H3/t23-,24+,25+,26+,27-,28+,29-,30-,31+,32-,33-,34+,35+,36+,37+,38+,39-,40-,41+,45-,46+,47+,48-/m0/s1. The third-order valence-corrected chi connectivity index (χ3v) is 19.3. The van der Waals surface area contributed by atoms with Gasteiger partial charge in [-0.2, -0.15) is 0 Å². The molecule has 0 aromatic carbocycles. The average molecular weight is 943 g/mol. The van der Waals surface area contributed by atoms with E-state index >= 15 is 0 Å². The molecule has 3 saturated heterocycles. The lowest BCUT2D eigenvalue weighted by Gasteiger charge is -2.71. The number of ether oxygens (including phenoxy) is 6. The van der Waals surface area contributed by atoms with Gasteiger partial charge in [0, 0.05) is 0 Å². The van der Waals surface area contributed by atoms with E-state index in [1.807, 2.05) is 0 Å². The minimum Gasteiger partial charge on any atom is -0.432 e. The predicted octanol–water partition coefficient (Wildman–Crippen LogP) is 0.141. The van der Waals surface area contributed by atoms with Crippen molar-refractivity contribution < 1.29 is 89.4 Å². The van der Waals surface area contributed by atoms with Crippen LogP contribution in [0.5, 0.6) is 0 Å². The minimum absolute atomic E-state index is 0.0540. The number of aliphatic hydroxyl groups excluding tert-OH is 11. The van der Waals surface area contributed by atoms with Crippen molar-refractivity contribution in [2.75, 3.05) is 19.8 Å². The first-order valence-corrected chi connectivity index (χ1v) is 24.3. The molecule has 8 aliphatic rings. The Morgan fingerprint density at radius 2 is 1.15 bits per heavy atom. The van der Waals surface area contributed by atoms with E-state index in [0.717, 1.165) is 44.9 Å². The highest BCUT2D eigenvalue weighted by Gasteiger charge is 2.70. The molecule has 0 unspecified atom stereocenters. The average Bonchev–Trinajstić information content (AvgIpc) is 3.27. The van der Waals surface area contributed by atoms with Gasteiger partial charge in [0.2, 0.25) is 6.29 Å². The molecule has 378 valence electrons. The lowest BCUT2D eigenvalue weighted by Crippen LogP contribution is -2.67. The van der Waals surface area contributed by atoms with Crippen LogP contribution in [0.2, 0.25) is 0 Å². The number of aliphatic hydroxyl groups is 11. The van der Waals surface area contributed by atoms with Crippen LogP contribution in [0.4, 0.5) is 0 Å². The fraction of sp³-hybridized carbons (Fsp3) is 0.938. The van der Waals surface area contributed by atoms with Gasteiger partial charge in [0.25, 0.3) is 0 Å². The molecular weight excluding hydrogens is 865 g/mol. The zero-order chi connectivity index (χ0) is 48.3. The number of esters is 1. The molecule has 0 radical (unpaired) electrons. The molecule has 0 spiro atoms. The van der Waals surface area contributed by atoms with E-state index in [1.54, 1.807) is 0 Å². The van der Waals surface area contributed by atoms with Crippen LogP contribution in [-0.4, -0.2) is 180 Å². The number of fused-ring (bicyclic) bond motifs is 7. The van der Waals surface area contributed by atoms with E-state index in [0.29, 0.717) is 19.3 Å². The molecule has 3 aliphatic heterocycles. The van der Waals surface area contributed by atoms with Gasteiger partial charge in [-0.25, -0.2) is 0 Å². The van der Waals surface area contributed by atoms with Crippen LogP contribution in [0, 0.1) is 50.2 Å². The van der Waals surface area contributed by atoms with Crippen LogP contribution in [0.3, 0.4) is 0 Å². The van der Waals surface area contributed by atoms with Gasteiger partial charge < -0.3 is 84.6 Å². The summed E-state index contributed by atoms with van der Waals surface area (Å²) in [5, 5.41) is 115. The Morgan fingerprint density at radius 1 is 0.606 bits per heavy atom. The second-order valence-corrected chi connectivity index (χ2v) is 23.5. The molecule has 0 amide bonds. The lowest BCUT2D eigenvalue weighted by atomic mass is 9.33. The number of carbonyl (C=O) groups is 1. The van der Waals surface area contributed by atoms with E-state index in [1.165, 1.54) is 5.57 Å². The third kappa shape index (κ3) is 7.87. The zero-order valence-corrected chi connectivity index (χ0v) is 39.5. The molecule has 66 heavy (non-hydrogen) atoms. The Morgan fingerprint density at radius 3 is 1.77 bits per heavy atom. The highest BCUT2D eigenvalue weighted by atomic mass is 16.7. The number of hydrogen-bond acceptors (Lipinski definition) is 18. The minimum atomic E-state index is -1.77. The molecule has 4 saturated carbocycles. The van der Waals surface area contributed by atoms with Crippen LogP contribution < -0.4 is 0 Å². The van der Waals surface area contributed by atoms with E-state index < -0.39 is 135 Å². The summed E-state index contributed by atoms with van der Waals surface area (Å²) in [6.07, 6.45) is -13.5. The van der Waals surface area contributed by atoms with Gasteiger partial charge in [0.1, 0.15) is 73.2 Å². The van der Waals surface area contributed by atoms with Gasteiger partial charge in [-0.05, 0) is 109 Å². The summed E-state index contributed by atoms with van der Waals surface area (Å²) in [6, 6.07) is 0. The maximum Gasteiger partial charge on any atom is 0.315 e. The van der Waals surface area contributed by atoms with Crippen molar-refractivity contribution in [3.05, 3.63) is 11.6 Å². The van der Waals surface area contributed by atoms with Crippen molar-refractivity contribution in [1.82, 2.24) is 0 Å². The van der Waals surface area contributed by atoms with Crippen LogP contribution in [0.1, 0.15) is 113 Å². The summed E-state index contributed by atoms with van der Waals surface area (Å²) in [6.45, 7) is 14.1. The third-order valence-electron chi connectivity index (χ3n) is 19.3. The quantitative estimate of drug-likeness (QED) is 0.0833. The van der Waals surface area contributed by atoms with E-state index in [9.17, 15) is 61.0 Å². The molecule has 8 rings (SSSR count). The Labute approximate surface area is 387 Å². The first kappa shape index (κ1) is 50.9. The molecule has 7 fully saturated rings. The van der Waals surface area contributed by atoms with E-state index in [4.69, 9.17) is 28.4 Å². The topological polar surface area (TPSA) is 295 Å². The van der Waals surface area contributed by atoms with Gasteiger partial charge >= 0.3 is 5.97 Å². The molecule has 11 N–H and O–H groups in total. The summed E-state index contributed by atoms with van der Waals surface area (Å²) in [5.74, 6) is -0.157. The fourth-order valence-corrected chi connectivity index (χ4v) is 15.0. The maximum atomic E-state index is 14.7. The summed E-state index contributed by atoms with van der Waals surface area (Å²) in [5.41, 5.74) is -0.613. The first-order chi connectivity index (χ1) is 30.9. The monoisotopic (exact) mass is 943 g/mol. The van der Waals surface area contributed by atoms with Gasteiger partial charge in [-0.1, -0.05) is 60.1 Å². The van der Waals surface area contributed by atoms with Crippen LogP contribution in [-0.2, 0) is 33.2 Å². The SMILES string of the molecule is CC1(C)CC[C@]2(C(=O)O[C@H]3O[C@H](CO)[C@@H](O)[C@H](O)[C@H]3O)CC[C@]3(C)C(=CC[C@@H]4[C@@]5(C)CC[C@H](O[C@@H]6O[C@H](CO)[C@@H](O[C@@H]7O[C@H](CO)[C@H](O)[C@H](O)[C@H]7O)[C@H](O)[C@H]6O)C(C)(C)[C@@H]5CC[C@]43C)[C@@H]2C1. The molecule has 18 nitrogen and oxygen atoms in total. The van der Waals surface area contributed by atoms with Gasteiger partial charge in [-0.15, -0.1) is 0 Å². The number of hydrogen-bond donors (Lipinski definition) is 11. The molecule has 3 heterocycles. The molecule has 0 aromatic heterocycles. The highest BCUT2D eigenvalue weighted by molar-refractivity contribution is 5.79. The summed E-state index contributed by atoms with van der Waals surface area (Å²) < 4.78 is 35.6. The Bertz CT molecular complexity index is 1790. The Hall–Kier alpha value is -1.43. The van der Waals surface area contributed by atoms with Gasteiger partial charge in [-0.3, -0.25) is 4.79 Å². The van der Waals surface area contributed by atoms with Crippen molar-refractivity contribution in [3.8, 4) is 0 Å². The van der Waals surface area contributed by atoms with Gasteiger partial charge in [0.05, 0.1) is 31.3 Å². The Kier molecular flexibility index (Phi) is 13.9. The van der Waals surface area contributed by atoms with Crippen LogP contribution in [0.15, 0.2) is 11.6 Å². The normalized spacial score (nSPS) is 53.3. The predicted molar refractivity (Wildman–Crippen MR) is 230 cm³/mol. The van der Waals surface area contributed by atoms with Crippen LogP contribution in [0.25, 0.3) is 0 Å². The number of rotatable bonds is 9. The Balaban J connectivity index is 0.998. The molecule has 18 heteroatoms. The number of allylic oxidation sites excluding steroid dienone is 2. The molecule has 5 aliphatic carbocycles. The molecule has 23 atom stereocenters. The fourth-order valence-electron chi connectivity index (χ4n) is 15.0. The highest BCUT2D eigenvalue weighted by Crippen LogP contribution is 2.76. The molecular formula is C48H78O18. The first-order valence-electron chi connectivity index (χ1n) is 24.3. The van der Waals surface area contributed by atoms with Crippen molar-refractivity contribution in [2.45, 2.75) is 211 Å². The van der Waals surface area contributed by atoms with Crippen LogP contribution >= 0.6 is 0 Å². The van der Waals surface area contributed by atoms with Crippen molar-refractivity contribution >= 4 is 5.97 Å². The van der Waals surface area contributed by atoms with Crippen molar-refractivity contribution in [2.24, 2.45) is 50.2 Å². The maximum absolute atomic E-state index is 14.7. The zero-order valence-electron chi connectivity index (χ0n) is 39.5.